The van der Waals surface area contributed by atoms with E-state index in [0.717, 1.165) is 0 Å². The molecule has 0 atom stereocenters. The predicted molar refractivity (Wildman–Crippen MR) is 12.8 cm³/mol. The van der Waals surface area contributed by atoms with Crippen molar-refractivity contribution in [1.29, 1.82) is 0 Å². The fourth-order valence-electron chi connectivity index (χ4n) is 0. The van der Waals surface area contributed by atoms with Crippen molar-refractivity contribution < 1.29 is 29.7 Å². The predicted octanol–water partition coefficient (Wildman–Crippen LogP) is 1.31. The van der Waals surface area contributed by atoms with E-state index in [2.05, 4.69) is 27.6 Å². The Labute approximate surface area is 53.3 Å². The van der Waals surface area contributed by atoms with Crippen LogP contribution >= 0.6 is 23.7 Å². The van der Waals surface area contributed by atoms with Gasteiger partial charge in [0.05, 0.1) is 23.7 Å². The molecular weight excluding hydrogens is 265 g/mol. The second-order valence-electron chi connectivity index (χ2n) is 0.0583. The molecule has 0 unspecified atom stereocenters. The number of rotatable bonds is 0. The van der Waals surface area contributed by atoms with Gasteiger partial charge in [-0.15, -0.1) is 0 Å². The van der Waals surface area contributed by atoms with Crippen molar-refractivity contribution in [3.05, 3.63) is 0 Å². The third kappa shape index (κ3) is 9.96. The second-order valence-corrected chi connectivity index (χ2v) is 0.525. The summed E-state index contributed by atoms with van der Waals surface area (Å²) in [5.41, 5.74) is 0. The molecular formula is Cl2HfO+4. The van der Waals surface area contributed by atoms with E-state index in [1.165, 1.54) is 0 Å². The fourth-order valence-corrected chi connectivity index (χ4v) is 0. The maximum atomic E-state index is 4.26. The Kier molecular flexibility index (Phi) is 20.0. The molecule has 20 valence electrons. The van der Waals surface area contributed by atoms with Gasteiger partial charge in [-0.2, -0.15) is 3.84 Å². The van der Waals surface area contributed by atoms with Crippen molar-refractivity contribution in [3.8, 4) is 0 Å². The molecule has 0 fully saturated rings. The fraction of sp³-hybridized carbons (Fsp3) is 0. The Morgan fingerprint density at radius 1 is 1.25 bits per heavy atom. The van der Waals surface area contributed by atoms with Crippen LogP contribution in [0.3, 0.4) is 0 Å². The number of hydrogen-bond donors (Lipinski definition) is 0. The molecule has 0 aromatic heterocycles. The summed E-state index contributed by atoms with van der Waals surface area (Å²) in [6, 6.07) is 0. The summed E-state index contributed by atoms with van der Waals surface area (Å²) in [7, 11) is 0. The van der Waals surface area contributed by atoms with E-state index < -0.39 is 0 Å². The van der Waals surface area contributed by atoms with Crippen molar-refractivity contribution in [3.63, 3.8) is 0 Å². The quantitative estimate of drug-likeness (QED) is 0.600. The summed E-state index contributed by atoms with van der Waals surface area (Å²) in [4.78, 5) is 0. The van der Waals surface area contributed by atoms with Crippen LogP contribution in [0.1, 0.15) is 0 Å². The van der Waals surface area contributed by atoms with Gasteiger partial charge < -0.3 is 0 Å². The zero-order valence-electron chi connectivity index (χ0n) is 1.66. The topological polar surface area (TPSA) is 9.23 Å². The molecule has 0 aromatic carbocycles. The molecule has 0 aliphatic heterocycles. The smallest absolute Gasteiger partial charge is 0.166 e. The van der Waals surface area contributed by atoms with Gasteiger partial charge in [0.1, 0.15) is 0 Å². The van der Waals surface area contributed by atoms with Crippen molar-refractivity contribution in [2.75, 3.05) is 0 Å². The molecule has 0 N–H and O–H groups in total. The molecule has 0 heterocycles. The minimum absolute atomic E-state index is 0. The van der Waals surface area contributed by atoms with E-state index in [9.17, 15) is 0 Å². The summed E-state index contributed by atoms with van der Waals surface area (Å²) in [5, 5.41) is 0. The molecule has 4 heavy (non-hydrogen) atoms. The maximum Gasteiger partial charge on any atom is 4.00 e. The van der Waals surface area contributed by atoms with Crippen LogP contribution in [0.5, 0.6) is 0 Å². The first-order valence-electron chi connectivity index (χ1n) is 0.309. The van der Waals surface area contributed by atoms with Gasteiger partial charge in [-0.3, -0.25) is 0 Å². The van der Waals surface area contributed by atoms with E-state index >= 15 is 0 Å². The first-order chi connectivity index (χ1) is 1.41. The van der Waals surface area contributed by atoms with Gasteiger partial charge in [-0.25, -0.2) is 0 Å². The molecule has 0 rings (SSSR count). The Balaban J connectivity index is 0. The van der Waals surface area contributed by atoms with E-state index in [4.69, 9.17) is 0 Å². The molecule has 0 aromatic rings. The van der Waals surface area contributed by atoms with E-state index in [1.54, 1.807) is 0 Å². The van der Waals surface area contributed by atoms with Gasteiger partial charge in [0.25, 0.3) is 0 Å². The van der Waals surface area contributed by atoms with Crippen LogP contribution in [-0.4, -0.2) is 0 Å². The van der Waals surface area contributed by atoms with Gasteiger partial charge in [-0.1, -0.05) is 0 Å². The minimum Gasteiger partial charge on any atom is -0.166 e. The van der Waals surface area contributed by atoms with E-state index in [-0.39, 0.29) is 25.8 Å². The van der Waals surface area contributed by atoms with Gasteiger partial charge in [0.2, 0.25) is 0 Å². The minimum atomic E-state index is 0. The van der Waals surface area contributed by atoms with Crippen molar-refractivity contribution in [2.45, 2.75) is 0 Å². The Bertz CT molecular complexity index is 6.00. The third-order valence-corrected chi connectivity index (χ3v) is 0. The van der Waals surface area contributed by atoms with Crippen molar-refractivity contribution >= 4 is 23.7 Å². The van der Waals surface area contributed by atoms with Gasteiger partial charge in [0, 0.05) is 0 Å². The SMILES string of the molecule is ClOCl.[Hf+4]. The Hall–Kier alpha value is 1.41. The summed E-state index contributed by atoms with van der Waals surface area (Å²) in [5.74, 6) is 0. The van der Waals surface area contributed by atoms with Crippen molar-refractivity contribution in [1.82, 2.24) is 0 Å². The molecule has 0 amide bonds. The van der Waals surface area contributed by atoms with Crippen LogP contribution in [0.2, 0.25) is 0 Å². The molecule has 0 aliphatic carbocycles. The zero-order valence-corrected chi connectivity index (χ0v) is 6.77. The van der Waals surface area contributed by atoms with Crippen LogP contribution in [0, 0.1) is 0 Å². The van der Waals surface area contributed by atoms with E-state index in [1.807, 2.05) is 0 Å². The average Bonchev–Trinajstić information content (AvgIpc) is 0.918. The Morgan fingerprint density at radius 3 is 1.25 bits per heavy atom. The van der Waals surface area contributed by atoms with Crippen LogP contribution in [0.4, 0.5) is 0 Å². The van der Waals surface area contributed by atoms with Crippen LogP contribution < -0.4 is 0 Å². The first kappa shape index (κ1) is 9.05. The molecule has 0 bridgehead atoms. The Morgan fingerprint density at radius 2 is 1.25 bits per heavy atom. The van der Waals surface area contributed by atoms with Crippen molar-refractivity contribution in [2.24, 2.45) is 0 Å². The average molecular weight is 265 g/mol. The molecule has 4 heteroatoms. The summed E-state index contributed by atoms with van der Waals surface area (Å²) in [6.07, 6.45) is 0. The number of halogens is 2. The molecule has 1 nitrogen and oxygen atoms in total. The normalized spacial score (nSPS) is 4.50. The summed E-state index contributed by atoms with van der Waals surface area (Å²) < 4.78 is 3.19. The molecule has 0 aliphatic rings. The molecule has 0 spiro atoms. The first-order valence-corrected chi connectivity index (χ1v) is 0.926. The van der Waals surface area contributed by atoms with Crippen LogP contribution in [0.25, 0.3) is 0 Å². The zero-order chi connectivity index (χ0) is 2.71. The van der Waals surface area contributed by atoms with Gasteiger partial charge in [0.15, 0.2) is 0 Å². The monoisotopic (exact) mass is 266 g/mol. The third-order valence-electron chi connectivity index (χ3n) is 0. The largest absolute Gasteiger partial charge is 4.00 e. The number of hydrogen-bond acceptors (Lipinski definition) is 1. The molecule has 0 saturated carbocycles. The summed E-state index contributed by atoms with van der Waals surface area (Å²) >= 11 is 8.53. The second kappa shape index (κ2) is 8.83. The standard InChI is InChI=1S/Cl2O.Hf/c1-3-2;/q;+4. The molecule has 0 saturated heterocycles. The maximum absolute atomic E-state index is 4.26. The summed E-state index contributed by atoms with van der Waals surface area (Å²) in [6.45, 7) is 0. The van der Waals surface area contributed by atoms with Gasteiger partial charge in [-0.05, 0) is 0 Å². The van der Waals surface area contributed by atoms with Crippen LogP contribution in [0.15, 0.2) is 0 Å². The van der Waals surface area contributed by atoms with Gasteiger partial charge >= 0.3 is 25.8 Å². The van der Waals surface area contributed by atoms with Crippen LogP contribution in [-0.2, 0) is 29.7 Å². The van der Waals surface area contributed by atoms with E-state index in [0.29, 0.717) is 0 Å². The molecule has 0 radical (unpaired) electrons.